The molecule has 3 heteroatoms. The first kappa shape index (κ1) is 15.6. The lowest BCUT2D eigenvalue weighted by atomic mass is 10.2. The van der Waals surface area contributed by atoms with Crippen LogP contribution in [0.25, 0.3) is 0 Å². The molecular formula is C11H22O3. The second kappa shape index (κ2) is 14.7. The van der Waals surface area contributed by atoms with E-state index in [9.17, 15) is 0 Å². The van der Waals surface area contributed by atoms with Crippen molar-refractivity contribution in [2.75, 3.05) is 6.61 Å². The van der Waals surface area contributed by atoms with E-state index in [2.05, 4.69) is 19.1 Å². The van der Waals surface area contributed by atoms with Crippen LogP contribution in [0.15, 0.2) is 12.2 Å². The minimum atomic E-state index is -0.833. The lowest BCUT2D eigenvalue weighted by molar-refractivity contribution is -0.134. The van der Waals surface area contributed by atoms with Gasteiger partial charge in [0.2, 0.25) is 0 Å². The normalized spacial score (nSPS) is 9.64. The number of carboxylic acid groups (broad SMARTS) is 1. The monoisotopic (exact) mass is 202 g/mol. The fourth-order valence-corrected chi connectivity index (χ4v) is 0.835. The molecule has 2 N–H and O–H groups in total. The molecule has 0 aromatic rings. The number of aliphatic hydroxyl groups is 1. The summed E-state index contributed by atoms with van der Waals surface area (Å²) in [5.74, 6) is -0.833. The van der Waals surface area contributed by atoms with Crippen molar-refractivity contribution in [3.05, 3.63) is 12.2 Å². The van der Waals surface area contributed by atoms with E-state index in [1.165, 1.54) is 12.8 Å². The van der Waals surface area contributed by atoms with Crippen LogP contribution >= 0.6 is 0 Å². The predicted molar refractivity (Wildman–Crippen MR) is 58.3 cm³/mol. The Labute approximate surface area is 86.5 Å². The van der Waals surface area contributed by atoms with E-state index in [1.807, 2.05) is 0 Å². The molecule has 0 aliphatic heterocycles. The summed E-state index contributed by atoms with van der Waals surface area (Å²) in [6.07, 6.45) is 10.1. The third kappa shape index (κ3) is 30.3. The third-order valence-corrected chi connectivity index (χ3v) is 1.43. The highest BCUT2D eigenvalue weighted by molar-refractivity contribution is 5.62. The van der Waals surface area contributed by atoms with Crippen molar-refractivity contribution in [3.8, 4) is 0 Å². The van der Waals surface area contributed by atoms with Gasteiger partial charge in [-0.1, -0.05) is 25.5 Å². The van der Waals surface area contributed by atoms with Gasteiger partial charge in [-0.05, 0) is 25.7 Å². The highest BCUT2D eigenvalue weighted by Gasteiger charge is 1.83. The van der Waals surface area contributed by atoms with E-state index in [4.69, 9.17) is 15.0 Å². The maximum Gasteiger partial charge on any atom is 0.300 e. The lowest BCUT2D eigenvalue weighted by Gasteiger charge is -1.92. The zero-order valence-corrected chi connectivity index (χ0v) is 9.20. The molecule has 0 saturated carbocycles. The fourth-order valence-electron chi connectivity index (χ4n) is 0.835. The molecule has 0 radical (unpaired) electrons. The molecule has 0 aliphatic rings. The van der Waals surface area contributed by atoms with E-state index in [0.717, 1.165) is 26.2 Å². The molecule has 0 heterocycles. The Morgan fingerprint density at radius 1 is 1.21 bits per heavy atom. The molecule has 0 atom stereocenters. The van der Waals surface area contributed by atoms with Crippen molar-refractivity contribution in [2.45, 2.75) is 46.0 Å². The smallest absolute Gasteiger partial charge is 0.300 e. The summed E-state index contributed by atoms with van der Waals surface area (Å²) in [6, 6.07) is 0. The van der Waals surface area contributed by atoms with E-state index < -0.39 is 5.97 Å². The molecule has 0 aromatic heterocycles. The summed E-state index contributed by atoms with van der Waals surface area (Å²) in [6.45, 7) is 3.57. The average Bonchev–Trinajstić information content (AvgIpc) is 2.10. The highest BCUT2D eigenvalue weighted by atomic mass is 16.4. The molecule has 0 fully saturated rings. The zero-order valence-electron chi connectivity index (χ0n) is 9.20. The van der Waals surface area contributed by atoms with Gasteiger partial charge in [0.05, 0.1) is 0 Å². The molecule has 0 bridgehead atoms. The second-order valence-corrected chi connectivity index (χ2v) is 2.97. The summed E-state index contributed by atoms with van der Waals surface area (Å²) in [5, 5.41) is 15.9. The van der Waals surface area contributed by atoms with Crippen molar-refractivity contribution in [3.63, 3.8) is 0 Å². The van der Waals surface area contributed by atoms with Crippen LogP contribution in [-0.4, -0.2) is 22.8 Å². The van der Waals surface area contributed by atoms with Crippen LogP contribution in [0.5, 0.6) is 0 Å². The molecular weight excluding hydrogens is 180 g/mol. The number of aliphatic carboxylic acids is 1. The first-order chi connectivity index (χ1) is 6.65. The largest absolute Gasteiger partial charge is 0.481 e. The quantitative estimate of drug-likeness (QED) is 0.514. The van der Waals surface area contributed by atoms with Gasteiger partial charge in [-0.25, -0.2) is 0 Å². The maximum atomic E-state index is 9.00. The maximum absolute atomic E-state index is 9.00. The molecule has 84 valence electrons. The first-order valence-electron chi connectivity index (χ1n) is 5.10. The number of hydrogen-bond donors (Lipinski definition) is 2. The first-order valence-corrected chi connectivity index (χ1v) is 5.10. The highest BCUT2D eigenvalue weighted by Crippen LogP contribution is 1.99. The number of rotatable bonds is 6. The van der Waals surface area contributed by atoms with Crippen LogP contribution in [0.1, 0.15) is 46.0 Å². The Hall–Kier alpha value is -0.830. The molecule has 3 nitrogen and oxygen atoms in total. The van der Waals surface area contributed by atoms with Gasteiger partial charge in [-0.2, -0.15) is 0 Å². The summed E-state index contributed by atoms with van der Waals surface area (Å²) in [5.41, 5.74) is 0. The summed E-state index contributed by atoms with van der Waals surface area (Å²) >= 11 is 0. The Balaban J connectivity index is 0. The Kier molecular flexibility index (Phi) is 16.4. The van der Waals surface area contributed by atoms with Gasteiger partial charge in [0.1, 0.15) is 0 Å². The number of hydrogen-bond acceptors (Lipinski definition) is 2. The van der Waals surface area contributed by atoms with Gasteiger partial charge >= 0.3 is 0 Å². The van der Waals surface area contributed by atoms with Crippen LogP contribution < -0.4 is 0 Å². The minimum Gasteiger partial charge on any atom is -0.481 e. The van der Waals surface area contributed by atoms with E-state index in [1.54, 1.807) is 0 Å². The predicted octanol–water partition coefficient (Wildman–Crippen LogP) is 2.60. The topological polar surface area (TPSA) is 57.5 Å². The van der Waals surface area contributed by atoms with Crippen molar-refractivity contribution in [2.24, 2.45) is 0 Å². The molecule has 0 rings (SSSR count). The van der Waals surface area contributed by atoms with Crippen LogP contribution in [0.4, 0.5) is 0 Å². The Morgan fingerprint density at radius 2 is 1.79 bits per heavy atom. The molecule has 0 saturated heterocycles. The van der Waals surface area contributed by atoms with Crippen LogP contribution in [0.3, 0.4) is 0 Å². The number of carbonyl (C=O) groups is 1. The van der Waals surface area contributed by atoms with Crippen molar-refractivity contribution < 1.29 is 15.0 Å². The van der Waals surface area contributed by atoms with Crippen LogP contribution in [0.2, 0.25) is 0 Å². The summed E-state index contributed by atoms with van der Waals surface area (Å²) < 4.78 is 0. The molecule has 0 aliphatic carbocycles. The minimum absolute atomic E-state index is 0.345. The van der Waals surface area contributed by atoms with Crippen LogP contribution in [0, 0.1) is 0 Å². The van der Waals surface area contributed by atoms with E-state index in [0.29, 0.717) is 6.61 Å². The van der Waals surface area contributed by atoms with Crippen molar-refractivity contribution >= 4 is 5.97 Å². The SMILES string of the molecule is CC(=O)O.CCC=CCCCCCO. The molecule has 0 aromatic carbocycles. The van der Waals surface area contributed by atoms with Gasteiger partial charge in [0, 0.05) is 13.5 Å². The van der Waals surface area contributed by atoms with Gasteiger partial charge in [-0.15, -0.1) is 0 Å². The Morgan fingerprint density at radius 3 is 2.21 bits per heavy atom. The fraction of sp³-hybridized carbons (Fsp3) is 0.727. The molecule has 14 heavy (non-hydrogen) atoms. The Bertz CT molecular complexity index is 137. The number of unbranched alkanes of at least 4 members (excludes halogenated alkanes) is 3. The van der Waals surface area contributed by atoms with Crippen molar-refractivity contribution in [1.82, 2.24) is 0 Å². The number of carboxylic acids is 1. The summed E-state index contributed by atoms with van der Waals surface area (Å²) in [4.78, 5) is 9.00. The van der Waals surface area contributed by atoms with E-state index >= 15 is 0 Å². The van der Waals surface area contributed by atoms with Gasteiger partial charge < -0.3 is 10.2 Å². The standard InChI is InChI=1S/C9H18O.C2H4O2/c1-2-3-4-5-6-7-8-9-10;1-2(3)4/h3-4,10H,2,5-9H2,1H3;1H3,(H,3,4). The van der Waals surface area contributed by atoms with Crippen LogP contribution in [-0.2, 0) is 4.79 Å². The average molecular weight is 202 g/mol. The molecule has 0 unspecified atom stereocenters. The summed E-state index contributed by atoms with van der Waals surface area (Å²) in [7, 11) is 0. The van der Waals surface area contributed by atoms with Gasteiger partial charge in [0.15, 0.2) is 0 Å². The zero-order chi connectivity index (χ0) is 11.2. The third-order valence-electron chi connectivity index (χ3n) is 1.43. The molecule has 0 amide bonds. The van der Waals surface area contributed by atoms with E-state index in [-0.39, 0.29) is 0 Å². The number of allylic oxidation sites excluding steroid dienone is 2. The lowest BCUT2D eigenvalue weighted by Crippen LogP contribution is -1.81. The van der Waals surface area contributed by atoms with Crippen molar-refractivity contribution in [1.29, 1.82) is 0 Å². The van der Waals surface area contributed by atoms with Gasteiger partial charge in [-0.3, -0.25) is 4.79 Å². The van der Waals surface area contributed by atoms with Gasteiger partial charge in [0.25, 0.3) is 5.97 Å². The number of aliphatic hydroxyl groups excluding tert-OH is 1. The molecule has 0 spiro atoms. The second-order valence-electron chi connectivity index (χ2n) is 2.97.